The number of aromatic nitrogens is 1. The van der Waals surface area contributed by atoms with Crippen LogP contribution in [0.1, 0.15) is 48.4 Å². The summed E-state index contributed by atoms with van der Waals surface area (Å²) < 4.78 is 0. The van der Waals surface area contributed by atoms with Gasteiger partial charge in [0.2, 0.25) is 0 Å². The molecule has 0 amide bonds. The van der Waals surface area contributed by atoms with Crippen molar-refractivity contribution in [2.75, 3.05) is 13.1 Å². The van der Waals surface area contributed by atoms with Gasteiger partial charge >= 0.3 is 0 Å². The molecule has 0 radical (unpaired) electrons. The molecule has 1 aliphatic heterocycles. The summed E-state index contributed by atoms with van der Waals surface area (Å²) >= 11 is 1.94. The van der Waals surface area contributed by atoms with E-state index < -0.39 is 0 Å². The summed E-state index contributed by atoms with van der Waals surface area (Å²) in [5.41, 5.74) is 2.76. The number of nitrogens with zero attached hydrogens (tertiary/aromatic N) is 2. The zero-order chi connectivity index (χ0) is 16.4. The standard InChI is InChI=1S/C20H27N3S/c1-15-13-23(14-16-5-2-3-10-21-16)11-8-18(15)22-19-6-4-7-20-17(19)9-12-24-20/h2-3,5,9-10,12,15,18-19,22H,4,6-8,11,13-14H2,1H3. The summed E-state index contributed by atoms with van der Waals surface area (Å²) in [7, 11) is 0. The highest BCUT2D eigenvalue weighted by atomic mass is 32.1. The van der Waals surface area contributed by atoms with Crippen LogP contribution in [0.5, 0.6) is 0 Å². The van der Waals surface area contributed by atoms with Crippen molar-refractivity contribution >= 4 is 11.3 Å². The number of pyridine rings is 1. The minimum atomic E-state index is 0.579. The van der Waals surface area contributed by atoms with E-state index in [9.17, 15) is 0 Å². The molecular formula is C20H27N3S. The third-order valence-electron chi connectivity index (χ3n) is 5.57. The number of aryl methyl sites for hydroxylation is 1. The van der Waals surface area contributed by atoms with Gasteiger partial charge in [0.05, 0.1) is 5.69 Å². The fourth-order valence-electron chi connectivity index (χ4n) is 4.26. The predicted molar refractivity (Wildman–Crippen MR) is 100 cm³/mol. The second kappa shape index (κ2) is 7.34. The maximum atomic E-state index is 4.47. The Labute approximate surface area is 149 Å². The van der Waals surface area contributed by atoms with E-state index in [2.05, 4.69) is 45.7 Å². The number of hydrogen-bond donors (Lipinski definition) is 1. The van der Waals surface area contributed by atoms with Gasteiger partial charge in [0.1, 0.15) is 0 Å². The van der Waals surface area contributed by atoms with E-state index in [1.165, 1.54) is 37.9 Å². The van der Waals surface area contributed by atoms with Crippen LogP contribution >= 0.6 is 11.3 Å². The van der Waals surface area contributed by atoms with Gasteiger partial charge in [-0.15, -0.1) is 11.3 Å². The summed E-state index contributed by atoms with van der Waals surface area (Å²) in [6, 6.07) is 9.77. The molecule has 0 bridgehead atoms. The van der Waals surface area contributed by atoms with Crippen molar-refractivity contribution in [3.05, 3.63) is 52.0 Å². The Morgan fingerprint density at radius 1 is 1.29 bits per heavy atom. The van der Waals surface area contributed by atoms with Crippen LogP contribution in [0.3, 0.4) is 0 Å². The third-order valence-corrected chi connectivity index (χ3v) is 6.56. The average Bonchev–Trinajstić information content (AvgIpc) is 3.08. The van der Waals surface area contributed by atoms with Gasteiger partial charge in [-0.1, -0.05) is 13.0 Å². The lowest BCUT2D eigenvalue weighted by atomic mass is 9.89. The minimum Gasteiger partial charge on any atom is -0.307 e. The molecule has 1 aliphatic carbocycles. The zero-order valence-corrected chi connectivity index (χ0v) is 15.3. The van der Waals surface area contributed by atoms with Crippen LogP contribution in [-0.2, 0) is 13.0 Å². The van der Waals surface area contributed by atoms with Crippen molar-refractivity contribution in [2.24, 2.45) is 5.92 Å². The summed E-state index contributed by atoms with van der Waals surface area (Å²) in [5, 5.41) is 6.27. The van der Waals surface area contributed by atoms with Crippen LogP contribution < -0.4 is 5.32 Å². The Kier molecular flexibility index (Phi) is 4.97. The molecule has 2 aliphatic rings. The number of piperidine rings is 1. The Morgan fingerprint density at radius 2 is 2.25 bits per heavy atom. The number of likely N-dealkylation sites (tertiary alicyclic amines) is 1. The molecule has 1 saturated heterocycles. The Hall–Kier alpha value is -1.23. The van der Waals surface area contributed by atoms with Gasteiger partial charge in [0.25, 0.3) is 0 Å². The number of rotatable bonds is 4. The van der Waals surface area contributed by atoms with Crippen LogP contribution in [0, 0.1) is 5.92 Å². The predicted octanol–water partition coefficient (Wildman–Crippen LogP) is 4.02. The number of fused-ring (bicyclic) bond motifs is 1. The first-order chi connectivity index (χ1) is 11.8. The smallest absolute Gasteiger partial charge is 0.0543 e. The highest BCUT2D eigenvalue weighted by Crippen LogP contribution is 2.34. The van der Waals surface area contributed by atoms with Crippen molar-refractivity contribution in [3.63, 3.8) is 0 Å². The van der Waals surface area contributed by atoms with E-state index in [0.717, 1.165) is 13.1 Å². The molecule has 3 atom stereocenters. The van der Waals surface area contributed by atoms with E-state index in [1.54, 1.807) is 10.4 Å². The molecule has 1 fully saturated rings. The molecule has 0 saturated carbocycles. The van der Waals surface area contributed by atoms with Gasteiger partial charge in [0, 0.05) is 42.8 Å². The third kappa shape index (κ3) is 3.56. The van der Waals surface area contributed by atoms with Crippen LogP contribution in [0.15, 0.2) is 35.8 Å². The second-order valence-corrected chi connectivity index (χ2v) is 8.34. The second-order valence-electron chi connectivity index (χ2n) is 7.34. The van der Waals surface area contributed by atoms with Gasteiger partial charge in [-0.05, 0) is 60.7 Å². The summed E-state index contributed by atoms with van der Waals surface area (Å²) in [6.07, 6.45) is 7.05. The van der Waals surface area contributed by atoms with Gasteiger partial charge in [-0.3, -0.25) is 9.88 Å². The fraction of sp³-hybridized carbons (Fsp3) is 0.550. The Morgan fingerprint density at radius 3 is 3.08 bits per heavy atom. The van der Waals surface area contributed by atoms with Gasteiger partial charge in [-0.2, -0.15) is 0 Å². The van der Waals surface area contributed by atoms with Crippen LogP contribution in [0.25, 0.3) is 0 Å². The SMILES string of the molecule is CC1CN(Cc2ccccn2)CCC1NC1CCCc2sccc21. The topological polar surface area (TPSA) is 28.2 Å². The summed E-state index contributed by atoms with van der Waals surface area (Å²) in [6.45, 7) is 5.72. The van der Waals surface area contributed by atoms with E-state index in [4.69, 9.17) is 0 Å². The van der Waals surface area contributed by atoms with E-state index >= 15 is 0 Å². The molecule has 3 unspecified atom stereocenters. The largest absolute Gasteiger partial charge is 0.307 e. The highest BCUT2D eigenvalue weighted by molar-refractivity contribution is 7.10. The van der Waals surface area contributed by atoms with E-state index in [0.29, 0.717) is 18.0 Å². The highest BCUT2D eigenvalue weighted by Gasteiger charge is 2.30. The lowest BCUT2D eigenvalue weighted by Crippen LogP contribution is -2.49. The molecule has 3 heterocycles. The quantitative estimate of drug-likeness (QED) is 0.910. The molecule has 128 valence electrons. The minimum absolute atomic E-state index is 0.579. The molecule has 24 heavy (non-hydrogen) atoms. The monoisotopic (exact) mass is 341 g/mol. The number of nitrogens with one attached hydrogen (secondary N) is 1. The van der Waals surface area contributed by atoms with Crippen molar-refractivity contribution in [1.29, 1.82) is 0 Å². The van der Waals surface area contributed by atoms with Crippen LogP contribution in [0.4, 0.5) is 0 Å². The lowest BCUT2D eigenvalue weighted by Gasteiger charge is -2.39. The number of hydrogen-bond acceptors (Lipinski definition) is 4. The Balaban J connectivity index is 1.34. The molecule has 0 aromatic carbocycles. The zero-order valence-electron chi connectivity index (χ0n) is 14.4. The first-order valence-electron chi connectivity index (χ1n) is 9.24. The number of thiophene rings is 1. The maximum absolute atomic E-state index is 4.47. The summed E-state index contributed by atoms with van der Waals surface area (Å²) in [5.74, 6) is 0.687. The average molecular weight is 342 g/mol. The van der Waals surface area contributed by atoms with Crippen molar-refractivity contribution in [1.82, 2.24) is 15.2 Å². The molecular weight excluding hydrogens is 314 g/mol. The fourth-order valence-corrected chi connectivity index (χ4v) is 5.25. The molecule has 0 spiro atoms. The maximum Gasteiger partial charge on any atom is 0.0543 e. The molecule has 1 N–H and O–H groups in total. The first kappa shape index (κ1) is 16.2. The summed E-state index contributed by atoms with van der Waals surface area (Å²) in [4.78, 5) is 8.64. The van der Waals surface area contributed by atoms with Gasteiger partial charge in [0.15, 0.2) is 0 Å². The van der Waals surface area contributed by atoms with Gasteiger partial charge < -0.3 is 5.32 Å². The molecule has 4 heteroatoms. The first-order valence-corrected chi connectivity index (χ1v) is 10.1. The lowest BCUT2D eigenvalue weighted by molar-refractivity contribution is 0.131. The van der Waals surface area contributed by atoms with Crippen LogP contribution in [-0.4, -0.2) is 29.0 Å². The normalized spacial score (nSPS) is 27.8. The molecule has 2 aromatic heterocycles. The van der Waals surface area contributed by atoms with Gasteiger partial charge in [-0.25, -0.2) is 0 Å². The van der Waals surface area contributed by atoms with Crippen molar-refractivity contribution in [3.8, 4) is 0 Å². The molecule has 3 nitrogen and oxygen atoms in total. The van der Waals surface area contributed by atoms with Crippen molar-refractivity contribution < 1.29 is 0 Å². The van der Waals surface area contributed by atoms with E-state index in [-0.39, 0.29) is 0 Å². The molecule has 4 rings (SSSR count). The van der Waals surface area contributed by atoms with Crippen LogP contribution in [0.2, 0.25) is 0 Å². The van der Waals surface area contributed by atoms with Crippen molar-refractivity contribution in [2.45, 2.75) is 51.2 Å². The van der Waals surface area contributed by atoms with E-state index in [1.807, 2.05) is 23.6 Å². The molecule has 2 aromatic rings. The Bertz CT molecular complexity index is 654.